The SMILES string of the molecule is O=C(OCC(O)COC1OC(C(=O)O)C(O)C(O)C1O)c1ccc[nH]1. The van der Waals surface area contributed by atoms with Gasteiger partial charge in [-0.25, -0.2) is 9.59 Å². The van der Waals surface area contributed by atoms with Gasteiger partial charge in [0.15, 0.2) is 12.4 Å². The summed E-state index contributed by atoms with van der Waals surface area (Å²) in [5.74, 6) is -2.24. The van der Waals surface area contributed by atoms with Crippen LogP contribution in [-0.2, 0) is 19.0 Å². The third kappa shape index (κ3) is 4.75. The van der Waals surface area contributed by atoms with E-state index in [2.05, 4.69) is 4.98 Å². The fraction of sp³-hybridized carbons (Fsp3) is 0.571. The lowest BCUT2D eigenvalue weighted by atomic mass is 9.99. The van der Waals surface area contributed by atoms with Gasteiger partial charge in [0, 0.05) is 6.20 Å². The summed E-state index contributed by atoms with van der Waals surface area (Å²) < 4.78 is 14.7. The Labute approximate surface area is 141 Å². The molecule has 0 aliphatic carbocycles. The fourth-order valence-corrected chi connectivity index (χ4v) is 2.15. The number of aromatic amines is 1. The number of aliphatic carboxylic acids is 1. The number of hydrogen-bond donors (Lipinski definition) is 6. The van der Waals surface area contributed by atoms with Gasteiger partial charge in [0.05, 0.1) is 6.61 Å². The molecule has 0 aromatic carbocycles. The minimum absolute atomic E-state index is 0.195. The smallest absolute Gasteiger partial charge is 0.354 e. The molecule has 0 spiro atoms. The molecule has 25 heavy (non-hydrogen) atoms. The average Bonchev–Trinajstić information content (AvgIpc) is 3.11. The normalized spacial score (nSPS) is 30.6. The molecular formula is C14H19NO10. The molecule has 0 bridgehead atoms. The zero-order valence-corrected chi connectivity index (χ0v) is 12.9. The summed E-state index contributed by atoms with van der Waals surface area (Å²) in [5.41, 5.74) is 0.195. The van der Waals surface area contributed by atoms with Crippen LogP contribution in [0.15, 0.2) is 18.3 Å². The van der Waals surface area contributed by atoms with Gasteiger partial charge in [-0.15, -0.1) is 0 Å². The molecule has 2 heterocycles. The van der Waals surface area contributed by atoms with Crippen molar-refractivity contribution in [3.05, 3.63) is 24.0 Å². The first-order valence-corrected chi connectivity index (χ1v) is 7.34. The number of nitrogens with one attached hydrogen (secondary N) is 1. The van der Waals surface area contributed by atoms with E-state index in [1.165, 1.54) is 12.3 Å². The summed E-state index contributed by atoms with van der Waals surface area (Å²) in [5, 5.41) is 47.5. The number of carboxylic acid groups (broad SMARTS) is 1. The van der Waals surface area contributed by atoms with Gasteiger partial charge in [-0.1, -0.05) is 0 Å². The molecule has 11 nitrogen and oxygen atoms in total. The molecule has 1 saturated heterocycles. The van der Waals surface area contributed by atoms with Crippen LogP contribution >= 0.6 is 0 Å². The summed E-state index contributed by atoms with van der Waals surface area (Å²) in [6.45, 7) is -0.900. The van der Waals surface area contributed by atoms with Gasteiger partial charge in [-0.05, 0) is 12.1 Å². The first-order valence-electron chi connectivity index (χ1n) is 7.34. The Kier molecular flexibility index (Phi) is 6.47. The van der Waals surface area contributed by atoms with Crippen molar-refractivity contribution < 1.29 is 49.3 Å². The number of H-pyrrole nitrogens is 1. The van der Waals surface area contributed by atoms with Crippen molar-refractivity contribution >= 4 is 11.9 Å². The van der Waals surface area contributed by atoms with Crippen LogP contribution in [-0.4, -0.2) is 92.5 Å². The standard InChI is InChI=1S/C14H19NO10/c16-6(4-23-13(22)7-2-1-3-15-7)5-24-14-10(19)8(17)9(18)11(25-14)12(20)21/h1-3,6,8-11,14-19H,4-5H2,(H,20,21). The van der Waals surface area contributed by atoms with Crippen LogP contribution in [0.1, 0.15) is 10.5 Å². The van der Waals surface area contributed by atoms with Gasteiger partial charge in [0.1, 0.15) is 36.7 Å². The van der Waals surface area contributed by atoms with Crippen LogP contribution in [0.3, 0.4) is 0 Å². The Morgan fingerprint density at radius 2 is 1.92 bits per heavy atom. The lowest BCUT2D eigenvalue weighted by molar-refractivity contribution is -0.297. The quantitative estimate of drug-likeness (QED) is 0.283. The van der Waals surface area contributed by atoms with E-state index in [9.17, 15) is 30.0 Å². The summed E-state index contributed by atoms with van der Waals surface area (Å²) in [7, 11) is 0. The maximum atomic E-state index is 11.6. The Morgan fingerprint density at radius 3 is 2.52 bits per heavy atom. The summed E-state index contributed by atoms with van der Waals surface area (Å²) in [6, 6.07) is 3.08. The second-order valence-electron chi connectivity index (χ2n) is 5.40. The maximum absolute atomic E-state index is 11.6. The molecule has 6 unspecified atom stereocenters. The molecule has 2 rings (SSSR count). The van der Waals surface area contributed by atoms with Gasteiger partial charge >= 0.3 is 11.9 Å². The van der Waals surface area contributed by atoms with E-state index in [4.69, 9.17) is 19.3 Å². The number of hydrogen-bond acceptors (Lipinski definition) is 9. The summed E-state index contributed by atoms with van der Waals surface area (Å²) in [6.07, 6.45) is -8.52. The number of aliphatic hydroxyl groups excluding tert-OH is 4. The number of ether oxygens (including phenoxy) is 3. The zero-order chi connectivity index (χ0) is 18.6. The van der Waals surface area contributed by atoms with E-state index in [1.807, 2.05) is 0 Å². The minimum Gasteiger partial charge on any atom is -0.479 e. The molecule has 0 amide bonds. The molecule has 11 heteroatoms. The summed E-state index contributed by atoms with van der Waals surface area (Å²) in [4.78, 5) is 25.1. The first-order chi connectivity index (χ1) is 11.8. The van der Waals surface area contributed by atoms with E-state index < -0.39 is 62.0 Å². The second-order valence-corrected chi connectivity index (χ2v) is 5.40. The maximum Gasteiger partial charge on any atom is 0.354 e. The highest BCUT2D eigenvalue weighted by molar-refractivity contribution is 5.87. The van der Waals surface area contributed by atoms with Crippen molar-refractivity contribution in [1.82, 2.24) is 4.98 Å². The largest absolute Gasteiger partial charge is 0.479 e. The molecule has 6 N–H and O–H groups in total. The number of carboxylic acids is 1. The van der Waals surface area contributed by atoms with Crippen LogP contribution in [0.25, 0.3) is 0 Å². The van der Waals surface area contributed by atoms with Crippen LogP contribution in [0.4, 0.5) is 0 Å². The van der Waals surface area contributed by atoms with E-state index in [-0.39, 0.29) is 5.69 Å². The number of carbonyl (C=O) groups excluding carboxylic acids is 1. The predicted molar refractivity (Wildman–Crippen MR) is 77.4 cm³/mol. The average molecular weight is 361 g/mol. The molecule has 1 fully saturated rings. The second kappa shape index (κ2) is 8.38. The van der Waals surface area contributed by atoms with Crippen molar-refractivity contribution in [2.45, 2.75) is 36.8 Å². The topological polar surface area (TPSA) is 179 Å². The molecule has 1 aliphatic heterocycles. The molecule has 1 aromatic heterocycles. The highest BCUT2D eigenvalue weighted by atomic mass is 16.7. The van der Waals surface area contributed by atoms with Crippen LogP contribution in [0.5, 0.6) is 0 Å². The molecule has 0 radical (unpaired) electrons. The lowest BCUT2D eigenvalue weighted by Crippen LogP contribution is -2.60. The van der Waals surface area contributed by atoms with E-state index >= 15 is 0 Å². The minimum atomic E-state index is -1.83. The van der Waals surface area contributed by atoms with Crippen molar-refractivity contribution in [2.75, 3.05) is 13.2 Å². The van der Waals surface area contributed by atoms with Crippen molar-refractivity contribution in [1.29, 1.82) is 0 Å². The van der Waals surface area contributed by atoms with Crippen LogP contribution in [0.2, 0.25) is 0 Å². The third-order valence-corrected chi connectivity index (χ3v) is 3.49. The lowest BCUT2D eigenvalue weighted by Gasteiger charge is -2.38. The van der Waals surface area contributed by atoms with Crippen molar-refractivity contribution in [3.8, 4) is 0 Å². The van der Waals surface area contributed by atoms with E-state index in [1.54, 1.807) is 6.07 Å². The summed E-state index contributed by atoms with van der Waals surface area (Å²) >= 11 is 0. The first kappa shape index (κ1) is 19.3. The molecule has 6 atom stereocenters. The Bertz CT molecular complexity index is 576. The third-order valence-electron chi connectivity index (χ3n) is 3.49. The molecule has 0 saturated carbocycles. The fourth-order valence-electron chi connectivity index (χ4n) is 2.15. The van der Waals surface area contributed by atoms with E-state index in [0.29, 0.717) is 0 Å². The van der Waals surface area contributed by atoms with Gasteiger partial charge in [-0.2, -0.15) is 0 Å². The monoisotopic (exact) mass is 361 g/mol. The number of rotatable bonds is 7. The number of aliphatic hydroxyl groups is 4. The van der Waals surface area contributed by atoms with Gasteiger partial charge in [-0.3, -0.25) is 0 Å². The Hall–Kier alpha value is -2.02. The van der Waals surface area contributed by atoms with Crippen molar-refractivity contribution in [2.24, 2.45) is 0 Å². The Morgan fingerprint density at radius 1 is 1.20 bits per heavy atom. The van der Waals surface area contributed by atoms with Crippen LogP contribution < -0.4 is 0 Å². The number of carbonyl (C=O) groups is 2. The zero-order valence-electron chi connectivity index (χ0n) is 12.9. The van der Waals surface area contributed by atoms with Crippen molar-refractivity contribution in [3.63, 3.8) is 0 Å². The highest BCUT2D eigenvalue weighted by Crippen LogP contribution is 2.22. The number of aromatic nitrogens is 1. The molecule has 140 valence electrons. The highest BCUT2D eigenvalue weighted by Gasteiger charge is 2.47. The van der Waals surface area contributed by atoms with Crippen LogP contribution in [0, 0.1) is 0 Å². The molecule has 1 aliphatic rings. The Balaban J connectivity index is 1.80. The number of esters is 1. The predicted octanol–water partition coefficient (Wildman–Crippen LogP) is -2.56. The molecular weight excluding hydrogens is 342 g/mol. The van der Waals surface area contributed by atoms with Gasteiger partial charge in [0.2, 0.25) is 0 Å². The van der Waals surface area contributed by atoms with Gasteiger partial charge < -0.3 is 44.7 Å². The molecule has 1 aromatic rings. The van der Waals surface area contributed by atoms with E-state index in [0.717, 1.165) is 0 Å². The van der Waals surface area contributed by atoms with Gasteiger partial charge in [0.25, 0.3) is 0 Å².